The number of ether oxygens (including phenoxy) is 2. The van der Waals surface area contributed by atoms with Crippen molar-refractivity contribution in [2.75, 3.05) is 31.8 Å². The van der Waals surface area contributed by atoms with Crippen LogP contribution < -0.4 is 14.8 Å². The summed E-state index contributed by atoms with van der Waals surface area (Å²) in [6.45, 7) is 4.01. The molecule has 134 valence electrons. The van der Waals surface area contributed by atoms with Gasteiger partial charge in [0.2, 0.25) is 0 Å². The molecule has 1 aliphatic rings. The van der Waals surface area contributed by atoms with Crippen LogP contribution in [0.4, 0.5) is 0 Å². The fourth-order valence-electron chi connectivity index (χ4n) is 2.63. The van der Waals surface area contributed by atoms with Crippen LogP contribution in [0.3, 0.4) is 0 Å². The first-order valence-electron chi connectivity index (χ1n) is 8.60. The monoisotopic (exact) mass is 375 g/mol. The molecule has 0 saturated heterocycles. The Morgan fingerprint density at radius 3 is 2.92 bits per heavy atom. The average molecular weight is 376 g/mol. The van der Waals surface area contributed by atoms with Crippen molar-refractivity contribution in [1.82, 2.24) is 5.32 Å². The Labute approximate surface area is 158 Å². The summed E-state index contributed by atoms with van der Waals surface area (Å²) in [5.74, 6) is 4.65. The summed E-state index contributed by atoms with van der Waals surface area (Å²) in [6, 6.07) is 16.9. The van der Waals surface area contributed by atoms with Gasteiger partial charge in [0, 0.05) is 21.3 Å². The van der Waals surface area contributed by atoms with Crippen molar-refractivity contribution in [3.8, 4) is 11.5 Å². The Morgan fingerprint density at radius 2 is 2.04 bits per heavy atom. The van der Waals surface area contributed by atoms with Gasteiger partial charge in [0.25, 0.3) is 0 Å². The first-order valence-corrected chi connectivity index (χ1v) is 10.6. The van der Waals surface area contributed by atoms with Crippen LogP contribution in [0, 0.1) is 5.92 Å². The maximum Gasteiger partial charge on any atom is 0.132 e. The van der Waals surface area contributed by atoms with E-state index in [1.807, 2.05) is 41.7 Å². The number of methoxy groups -OCH3 is 1. The molecule has 0 aromatic heterocycles. The molecule has 5 heteroatoms. The Kier molecular flexibility index (Phi) is 6.96. The van der Waals surface area contributed by atoms with Crippen molar-refractivity contribution < 1.29 is 9.47 Å². The van der Waals surface area contributed by atoms with E-state index in [0.29, 0.717) is 12.0 Å². The molecule has 2 aromatic carbocycles. The molecule has 2 atom stereocenters. The van der Waals surface area contributed by atoms with E-state index in [1.165, 1.54) is 9.79 Å². The van der Waals surface area contributed by atoms with Gasteiger partial charge in [0.15, 0.2) is 0 Å². The molecule has 3 rings (SSSR count). The molecule has 1 aliphatic heterocycles. The molecule has 0 aliphatic carbocycles. The molecule has 2 aromatic rings. The van der Waals surface area contributed by atoms with E-state index in [4.69, 9.17) is 9.47 Å². The van der Waals surface area contributed by atoms with Crippen LogP contribution in [0.2, 0.25) is 0 Å². The third kappa shape index (κ3) is 5.33. The predicted molar refractivity (Wildman–Crippen MR) is 107 cm³/mol. The van der Waals surface area contributed by atoms with Crippen LogP contribution in [-0.4, -0.2) is 37.8 Å². The lowest BCUT2D eigenvalue weighted by Gasteiger charge is -2.19. The van der Waals surface area contributed by atoms with Crippen LogP contribution >= 0.6 is 23.5 Å². The lowest BCUT2D eigenvalue weighted by Crippen LogP contribution is -2.39. The summed E-state index contributed by atoms with van der Waals surface area (Å²) < 4.78 is 11.4. The molecular weight excluding hydrogens is 350 g/mol. The molecule has 1 N–H and O–H groups in total. The van der Waals surface area contributed by atoms with Gasteiger partial charge in [0.05, 0.1) is 13.2 Å². The molecule has 1 heterocycles. The summed E-state index contributed by atoms with van der Waals surface area (Å²) in [4.78, 5) is 2.45. The number of thioether (sulfide) groups is 2. The second kappa shape index (κ2) is 9.41. The Balaban J connectivity index is 1.43. The lowest BCUT2D eigenvalue weighted by molar-refractivity contribution is 0.270. The number of fused-ring (bicyclic) bond motifs is 1. The largest absolute Gasteiger partial charge is 0.496 e. The van der Waals surface area contributed by atoms with E-state index >= 15 is 0 Å². The van der Waals surface area contributed by atoms with Crippen molar-refractivity contribution in [1.29, 1.82) is 0 Å². The number of hydrogen-bond donors (Lipinski definition) is 1. The van der Waals surface area contributed by atoms with Gasteiger partial charge in [-0.2, -0.15) is 0 Å². The van der Waals surface area contributed by atoms with Gasteiger partial charge in [-0.05, 0) is 36.7 Å². The summed E-state index contributed by atoms with van der Waals surface area (Å²) in [6.07, 6.45) is 0. The Morgan fingerprint density at radius 1 is 1.24 bits per heavy atom. The zero-order valence-electron chi connectivity index (χ0n) is 14.7. The van der Waals surface area contributed by atoms with Gasteiger partial charge in [-0.1, -0.05) is 31.2 Å². The van der Waals surface area contributed by atoms with Crippen LogP contribution in [0.25, 0.3) is 0 Å². The van der Waals surface area contributed by atoms with E-state index in [9.17, 15) is 0 Å². The van der Waals surface area contributed by atoms with Crippen molar-refractivity contribution in [2.45, 2.75) is 22.8 Å². The average Bonchev–Trinajstić information content (AvgIpc) is 2.87. The van der Waals surface area contributed by atoms with Gasteiger partial charge in [0.1, 0.15) is 18.1 Å². The second-order valence-electron chi connectivity index (χ2n) is 6.24. The minimum Gasteiger partial charge on any atom is -0.496 e. The normalized spacial score (nSPS) is 17.9. The van der Waals surface area contributed by atoms with E-state index in [1.54, 1.807) is 7.11 Å². The van der Waals surface area contributed by atoms with Gasteiger partial charge in [-0.15, -0.1) is 23.5 Å². The molecule has 25 heavy (non-hydrogen) atoms. The van der Waals surface area contributed by atoms with E-state index in [-0.39, 0.29) is 0 Å². The van der Waals surface area contributed by atoms with Gasteiger partial charge in [-0.25, -0.2) is 0 Å². The minimum absolute atomic E-state index is 0.385. The smallest absolute Gasteiger partial charge is 0.132 e. The van der Waals surface area contributed by atoms with E-state index in [0.717, 1.165) is 36.2 Å². The highest BCUT2D eigenvalue weighted by Gasteiger charge is 2.17. The maximum absolute atomic E-state index is 5.95. The number of para-hydroxylation sites is 2. The quantitative estimate of drug-likeness (QED) is 0.717. The molecule has 3 nitrogen and oxygen atoms in total. The minimum atomic E-state index is 0.385. The zero-order chi connectivity index (χ0) is 17.5. The molecule has 0 spiro atoms. The highest BCUT2D eigenvalue weighted by Crippen LogP contribution is 2.32. The maximum atomic E-state index is 5.95. The standard InChI is InChI=1S/C20H25NO2S2/c1-15(13-24-19-9-5-3-7-17(19)22-2)11-21-16-12-23-18-8-4-6-10-20(18)25-14-16/h3-10,15-16,21H,11-14H2,1-2H3/t15-,16-/m1/s1. The van der Waals surface area contributed by atoms with Gasteiger partial charge in [-0.3, -0.25) is 0 Å². The molecular formula is C20H25NO2S2. The number of rotatable bonds is 7. The van der Waals surface area contributed by atoms with Crippen molar-refractivity contribution >= 4 is 23.5 Å². The van der Waals surface area contributed by atoms with E-state index in [2.05, 4.69) is 42.6 Å². The summed E-state index contributed by atoms with van der Waals surface area (Å²) in [5.41, 5.74) is 0. The fraction of sp³-hybridized carbons (Fsp3) is 0.400. The predicted octanol–water partition coefficient (Wildman–Crippen LogP) is 4.57. The Hall–Kier alpha value is -1.30. The first-order chi connectivity index (χ1) is 12.3. The number of hydrogen-bond acceptors (Lipinski definition) is 5. The van der Waals surface area contributed by atoms with Crippen LogP contribution in [0.15, 0.2) is 58.3 Å². The zero-order valence-corrected chi connectivity index (χ0v) is 16.4. The Bertz CT molecular complexity index is 653. The molecule has 0 amide bonds. The first kappa shape index (κ1) is 18.5. The number of nitrogens with one attached hydrogen (secondary N) is 1. The van der Waals surface area contributed by atoms with Crippen molar-refractivity contribution in [2.24, 2.45) is 5.92 Å². The topological polar surface area (TPSA) is 30.5 Å². The second-order valence-corrected chi connectivity index (χ2v) is 8.36. The van der Waals surface area contributed by atoms with E-state index < -0.39 is 0 Å². The number of benzene rings is 2. The molecule has 0 bridgehead atoms. The van der Waals surface area contributed by atoms with Gasteiger partial charge >= 0.3 is 0 Å². The summed E-state index contributed by atoms with van der Waals surface area (Å²) in [5, 5.41) is 3.67. The lowest BCUT2D eigenvalue weighted by atomic mass is 10.2. The van der Waals surface area contributed by atoms with Crippen LogP contribution in [-0.2, 0) is 0 Å². The summed E-state index contributed by atoms with van der Waals surface area (Å²) >= 11 is 3.73. The van der Waals surface area contributed by atoms with Crippen molar-refractivity contribution in [3.63, 3.8) is 0 Å². The van der Waals surface area contributed by atoms with Gasteiger partial charge < -0.3 is 14.8 Å². The van der Waals surface area contributed by atoms with Crippen LogP contribution in [0.5, 0.6) is 11.5 Å². The molecule has 0 saturated carbocycles. The van der Waals surface area contributed by atoms with Crippen LogP contribution in [0.1, 0.15) is 6.92 Å². The summed E-state index contributed by atoms with van der Waals surface area (Å²) in [7, 11) is 1.73. The van der Waals surface area contributed by atoms with Crippen molar-refractivity contribution in [3.05, 3.63) is 48.5 Å². The fourth-order valence-corrected chi connectivity index (χ4v) is 4.72. The molecule has 0 unspecified atom stereocenters. The highest BCUT2D eigenvalue weighted by atomic mass is 32.2. The molecule has 0 fully saturated rings. The third-order valence-electron chi connectivity index (χ3n) is 4.08. The molecule has 0 radical (unpaired) electrons. The third-order valence-corrected chi connectivity index (χ3v) is 6.68. The SMILES string of the molecule is COc1ccccc1SC[C@H](C)CN[C@@H]1COc2ccccc2SC1. The highest BCUT2D eigenvalue weighted by molar-refractivity contribution is 7.99.